The third-order valence-electron chi connectivity index (χ3n) is 3.04. The van der Waals surface area contributed by atoms with Crippen LogP contribution in [0, 0.1) is 6.92 Å². The molecule has 0 saturated heterocycles. The van der Waals surface area contributed by atoms with Crippen LogP contribution in [0.2, 0.25) is 0 Å². The van der Waals surface area contributed by atoms with Crippen LogP contribution in [-0.4, -0.2) is 18.3 Å². The van der Waals surface area contributed by atoms with Gasteiger partial charge >= 0.3 is 0 Å². The molecule has 0 unspecified atom stereocenters. The van der Waals surface area contributed by atoms with E-state index in [9.17, 15) is 4.79 Å². The normalized spacial score (nSPS) is 10.3. The number of carbonyl (C=O) groups is 1. The summed E-state index contributed by atoms with van der Waals surface area (Å²) in [7, 11) is 0. The van der Waals surface area contributed by atoms with Crippen LogP contribution in [0.15, 0.2) is 68.6 Å². The average molecular weight is 347 g/mol. The van der Waals surface area contributed by atoms with Gasteiger partial charge in [0.15, 0.2) is 0 Å². The van der Waals surface area contributed by atoms with Gasteiger partial charge in [-0.05, 0) is 31.6 Å². The molecule has 0 amide bonds. The Kier molecular flexibility index (Phi) is 6.68. The zero-order valence-corrected chi connectivity index (χ0v) is 15.3. The van der Waals surface area contributed by atoms with Crippen molar-refractivity contribution < 1.29 is 4.79 Å². The third-order valence-corrected chi connectivity index (χ3v) is 6.55. The van der Waals surface area contributed by atoms with Gasteiger partial charge in [0.25, 0.3) is 0 Å². The van der Waals surface area contributed by atoms with Gasteiger partial charge in [0.05, 0.1) is 9.14 Å². The van der Waals surface area contributed by atoms with Gasteiger partial charge in [-0.25, -0.2) is 0 Å². The number of rotatable bonds is 6. The van der Waals surface area contributed by atoms with Gasteiger partial charge in [-0.2, -0.15) is 0 Å². The molecule has 2 aromatic carbocycles. The predicted molar refractivity (Wildman–Crippen MR) is 102 cm³/mol. The number of benzene rings is 2. The molecule has 0 radical (unpaired) electrons. The van der Waals surface area contributed by atoms with E-state index in [1.807, 2.05) is 74.0 Å². The molecule has 4 heteroatoms. The van der Waals surface area contributed by atoms with Gasteiger partial charge in [-0.15, -0.1) is 23.5 Å². The Morgan fingerprint density at radius 1 is 0.864 bits per heavy atom. The summed E-state index contributed by atoms with van der Waals surface area (Å²) < 4.78 is 1.06. The molecule has 0 aliphatic heterocycles. The van der Waals surface area contributed by atoms with E-state index in [1.165, 1.54) is 0 Å². The molecule has 22 heavy (non-hydrogen) atoms. The second-order valence-corrected chi connectivity index (χ2v) is 7.61. The van der Waals surface area contributed by atoms with Gasteiger partial charge in [0, 0.05) is 10.5 Å². The van der Waals surface area contributed by atoms with Crippen LogP contribution >= 0.6 is 35.3 Å². The van der Waals surface area contributed by atoms with Crippen LogP contribution in [0.1, 0.15) is 15.9 Å². The summed E-state index contributed by atoms with van der Waals surface area (Å²) in [6.45, 7) is 2.03. The molecule has 0 spiro atoms. The van der Waals surface area contributed by atoms with Gasteiger partial charge in [0.2, 0.25) is 5.78 Å². The lowest BCUT2D eigenvalue weighted by Crippen LogP contribution is -2.02. The second-order valence-electron chi connectivity index (χ2n) is 4.64. The van der Waals surface area contributed by atoms with E-state index in [1.54, 1.807) is 35.3 Å². The summed E-state index contributed by atoms with van der Waals surface area (Å²) in [5, 5.41) is 0. The molecule has 0 atom stereocenters. The van der Waals surface area contributed by atoms with Crippen molar-refractivity contribution in [2.45, 2.75) is 11.8 Å². The molecule has 2 aromatic rings. The number of Topliss-reactive ketones (excluding diaryl/α,β-unsaturated/α-hetero) is 1. The molecular formula is C18H18OS3. The summed E-state index contributed by atoms with van der Waals surface area (Å²) in [5.74, 6) is 0.0903. The minimum absolute atomic E-state index is 0.0903. The first kappa shape index (κ1) is 17.3. The van der Waals surface area contributed by atoms with E-state index in [0.29, 0.717) is 0 Å². The van der Waals surface area contributed by atoms with Crippen LogP contribution < -0.4 is 0 Å². The molecule has 0 aromatic heterocycles. The SMILES string of the molecule is CSC(SC)=C(Sc1ccccc1)C(=O)c1ccc(C)cc1. The van der Waals surface area contributed by atoms with E-state index in [4.69, 9.17) is 0 Å². The van der Waals surface area contributed by atoms with Crippen molar-refractivity contribution >= 4 is 41.1 Å². The summed E-state index contributed by atoms with van der Waals surface area (Å²) in [4.78, 5) is 14.8. The lowest BCUT2D eigenvalue weighted by atomic mass is 10.1. The number of hydrogen-bond donors (Lipinski definition) is 0. The fraction of sp³-hybridized carbons (Fsp3) is 0.167. The lowest BCUT2D eigenvalue weighted by Gasteiger charge is -2.11. The van der Waals surface area contributed by atoms with Gasteiger partial charge in [0.1, 0.15) is 0 Å². The second kappa shape index (κ2) is 8.51. The number of thioether (sulfide) groups is 3. The number of allylic oxidation sites excluding steroid dienone is 1. The zero-order chi connectivity index (χ0) is 15.9. The van der Waals surface area contributed by atoms with Crippen molar-refractivity contribution in [3.05, 3.63) is 74.9 Å². The topological polar surface area (TPSA) is 17.1 Å². The largest absolute Gasteiger partial charge is 0.288 e. The molecule has 0 fully saturated rings. The number of hydrogen-bond acceptors (Lipinski definition) is 4. The summed E-state index contributed by atoms with van der Waals surface area (Å²) in [6, 6.07) is 17.8. The van der Waals surface area contributed by atoms with Crippen molar-refractivity contribution in [2.24, 2.45) is 0 Å². The average Bonchev–Trinajstić information content (AvgIpc) is 2.56. The Labute approximate surface area is 145 Å². The first-order valence-corrected chi connectivity index (χ1v) is 10.1. The Balaban J connectivity index is 2.38. The van der Waals surface area contributed by atoms with Crippen molar-refractivity contribution in [2.75, 3.05) is 12.5 Å². The van der Waals surface area contributed by atoms with E-state index in [0.717, 1.165) is 25.2 Å². The molecule has 2 rings (SSSR count). The quantitative estimate of drug-likeness (QED) is 0.370. The highest BCUT2D eigenvalue weighted by Gasteiger charge is 2.18. The Morgan fingerprint density at radius 2 is 1.45 bits per heavy atom. The van der Waals surface area contributed by atoms with Gasteiger partial charge in [-0.3, -0.25) is 4.79 Å². The fourth-order valence-electron chi connectivity index (χ4n) is 1.89. The van der Waals surface area contributed by atoms with Crippen LogP contribution in [0.3, 0.4) is 0 Å². The zero-order valence-electron chi connectivity index (χ0n) is 12.8. The molecule has 0 bridgehead atoms. The minimum atomic E-state index is 0.0903. The smallest absolute Gasteiger partial charge is 0.201 e. The Morgan fingerprint density at radius 3 is 2.00 bits per heavy atom. The van der Waals surface area contributed by atoms with E-state index in [-0.39, 0.29) is 5.78 Å². The van der Waals surface area contributed by atoms with E-state index >= 15 is 0 Å². The van der Waals surface area contributed by atoms with E-state index < -0.39 is 0 Å². The molecular weight excluding hydrogens is 328 g/mol. The summed E-state index contributed by atoms with van der Waals surface area (Å²) >= 11 is 4.79. The molecule has 0 aliphatic rings. The van der Waals surface area contributed by atoms with Crippen LogP contribution in [0.5, 0.6) is 0 Å². The number of ketones is 1. The summed E-state index contributed by atoms with van der Waals surface area (Å²) in [5.41, 5.74) is 1.90. The fourth-order valence-corrected chi connectivity index (χ4v) is 4.69. The number of carbonyl (C=O) groups excluding carboxylic acids is 1. The monoisotopic (exact) mass is 346 g/mol. The van der Waals surface area contributed by atoms with Crippen LogP contribution in [0.25, 0.3) is 0 Å². The molecule has 0 heterocycles. The van der Waals surface area contributed by atoms with Gasteiger partial charge < -0.3 is 0 Å². The molecule has 0 saturated carbocycles. The number of aryl methyl sites for hydroxylation is 1. The maximum Gasteiger partial charge on any atom is 0.201 e. The minimum Gasteiger partial charge on any atom is -0.288 e. The molecule has 0 aliphatic carbocycles. The lowest BCUT2D eigenvalue weighted by molar-refractivity contribution is 0.104. The standard InChI is InChI=1S/C18H18OS3/c1-13-9-11-14(12-10-13)16(19)17(18(20-2)21-3)22-15-7-5-4-6-8-15/h4-12H,1-3H3. The van der Waals surface area contributed by atoms with E-state index in [2.05, 4.69) is 0 Å². The van der Waals surface area contributed by atoms with Crippen molar-refractivity contribution in [3.8, 4) is 0 Å². The molecule has 1 nitrogen and oxygen atoms in total. The van der Waals surface area contributed by atoms with Gasteiger partial charge in [-0.1, -0.05) is 59.8 Å². The van der Waals surface area contributed by atoms with Crippen molar-refractivity contribution in [1.82, 2.24) is 0 Å². The maximum atomic E-state index is 12.9. The molecule has 0 N–H and O–H groups in total. The highest BCUT2D eigenvalue weighted by Crippen LogP contribution is 2.39. The van der Waals surface area contributed by atoms with Crippen LogP contribution in [-0.2, 0) is 0 Å². The first-order valence-electron chi connectivity index (χ1n) is 6.82. The third kappa shape index (κ3) is 4.45. The summed E-state index contributed by atoms with van der Waals surface area (Å²) in [6.07, 6.45) is 4.03. The Bertz CT molecular complexity index is 654. The highest BCUT2D eigenvalue weighted by molar-refractivity contribution is 8.22. The molecule has 114 valence electrons. The van der Waals surface area contributed by atoms with Crippen molar-refractivity contribution in [1.29, 1.82) is 0 Å². The first-order chi connectivity index (χ1) is 10.7. The Hall–Kier alpha value is -1.10. The highest BCUT2D eigenvalue weighted by atomic mass is 32.2. The predicted octanol–water partition coefficient (Wildman–Crippen LogP) is 5.87. The van der Waals surface area contributed by atoms with Crippen molar-refractivity contribution in [3.63, 3.8) is 0 Å². The van der Waals surface area contributed by atoms with Crippen LogP contribution in [0.4, 0.5) is 0 Å². The maximum absolute atomic E-state index is 12.9.